The highest BCUT2D eigenvalue weighted by molar-refractivity contribution is 9.10. The molecule has 4 heteroatoms. The smallest absolute Gasteiger partial charge is 0.231 e. The van der Waals surface area contributed by atoms with Gasteiger partial charge in [-0.15, -0.1) is 0 Å². The first-order valence-electron chi connectivity index (χ1n) is 6.95. The summed E-state index contributed by atoms with van der Waals surface area (Å²) in [6, 6.07) is 4.03. The third-order valence-corrected chi connectivity index (χ3v) is 3.98. The molecule has 0 saturated carbocycles. The summed E-state index contributed by atoms with van der Waals surface area (Å²) >= 11 is 3.58. The molecule has 0 aliphatic carbocycles. The van der Waals surface area contributed by atoms with Crippen molar-refractivity contribution in [2.75, 3.05) is 13.3 Å². The lowest BCUT2D eigenvalue weighted by atomic mass is 10.1. The topological polar surface area (TPSA) is 30.5 Å². The van der Waals surface area contributed by atoms with Gasteiger partial charge in [0.15, 0.2) is 11.5 Å². The largest absolute Gasteiger partial charge is 0.454 e. The van der Waals surface area contributed by atoms with Gasteiger partial charge >= 0.3 is 0 Å². The summed E-state index contributed by atoms with van der Waals surface area (Å²) in [7, 11) is 0. The monoisotopic (exact) mass is 327 g/mol. The van der Waals surface area contributed by atoms with Crippen molar-refractivity contribution < 1.29 is 9.47 Å². The molecular weight excluding hydrogens is 306 g/mol. The molecule has 0 aromatic heterocycles. The van der Waals surface area contributed by atoms with Crippen LogP contribution in [0, 0.1) is 5.92 Å². The molecule has 0 atom stereocenters. The van der Waals surface area contributed by atoms with Crippen LogP contribution in [0.3, 0.4) is 0 Å². The Bertz CT molecular complexity index is 421. The maximum Gasteiger partial charge on any atom is 0.231 e. The van der Waals surface area contributed by atoms with Crippen molar-refractivity contribution in [2.45, 2.75) is 39.7 Å². The Morgan fingerprint density at radius 3 is 2.68 bits per heavy atom. The Labute approximate surface area is 123 Å². The Morgan fingerprint density at radius 1 is 1.21 bits per heavy atom. The van der Waals surface area contributed by atoms with Gasteiger partial charge in [-0.3, -0.25) is 0 Å². The van der Waals surface area contributed by atoms with Crippen LogP contribution in [0.15, 0.2) is 16.6 Å². The fourth-order valence-corrected chi connectivity index (χ4v) is 2.58. The van der Waals surface area contributed by atoms with Gasteiger partial charge in [-0.1, -0.05) is 42.6 Å². The normalized spacial score (nSPS) is 13.3. The van der Waals surface area contributed by atoms with E-state index < -0.39 is 0 Å². The number of hydrogen-bond donors (Lipinski definition) is 1. The van der Waals surface area contributed by atoms with Gasteiger partial charge in [0.1, 0.15) is 0 Å². The van der Waals surface area contributed by atoms with E-state index in [4.69, 9.17) is 9.47 Å². The van der Waals surface area contributed by atoms with E-state index in [0.717, 1.165) is 35.0 Å². The van der Waals surface area contributed by atoms with Crippen LogP contribution in [0.1, 0.15) is 38.7 Å². The van der Waals surface area contributed by atoms with Crippen LogP contribution in [0.5, 0.6) is 11.5 Å². The maximum absolute atomic E-state index is 5.39. The van der Waals surface area contributed by atoms with E-state index in [9.17, 15) is 0 Å². The van der Waals surface area contributed by atoms with E-state index in [-0.39, 0.29) is 0 Å². The first kappa shape index (κ1) is 14.7. The van der Waals surface area contributed by atoms with Crippen molar-refractivity contribution >= 4 is 15.9 Å². The van der Waals surface area contributed by atoms with E-state index >= 15 is 0 Å². The van der Waals surface area contributed by atoms with Crippen LogP contribution >= 0.6 is 15.9 Å². The lowest BCUT2D eigenvalue weighted by molar-refractivity contribution is 0.174. The molecule has 3 nitrogen and oxygen atoms in total. The highest BCUT2D eigenvalue weighted by atomic mass is 79.9. The predicted molar refractivity (Wildman–Crippen MR) is 80.7 cm³/mol. The second-order valence-electron chi connectivity index (χ2n) is 5.36. The fraction of sp³-hybridized carbons (Fsp3) is 0.600. The lowest BCUT2D eigenvalue weighted by Crippen LogP contribution is -2.15. The van der Waals surface area contributed by atoms with Crippen molar-refractivity contribution in [3.63, 3.8) is 0 Å². The third kappa shape index (κ3) is 4.39. The molecule has 19 heavy (non-hydrogen) atoms. The molecule has 2 rings (SSSR count). The Morgan fingerprint density at radius 2 is 1.95 bits per heavy atom. The van der Waals surface area contributed by atoms with Gasteiger partial charge in [0.05, 0.1) is 0 Å². The number of fused-ring (bicyclic) bond motifs is 1. The van der Waals surface area contributed by atoms with E-state index in [2.05, 4.69) is 35.1 Å². The van der Waals surface area contributed by atoms with Crippen molar-refractivity contribution in [1.82, 2.24) is 5.32 Å². The highest BCUT2D eigenvalue weighted by Gasteiger charge is 2.15. The van der Waals surface area contributed by atoms with Crippen molar-refractivity contribution in [3.8, 4) is 11.5 Å². The zero-order valence-corrected chi connectivity index (χ0v) is 13.3. The first-order chi connectivity index (χ1) is 9.16. The zero-order valence-electron chi connectivity index (χ0n) is 11.7. The van der Waals surface area contributed by atoms with Crippen LogP contribution in [0.4, 0.5) is 0 Å². The number of benzene rings is 1. The van der Waals surface area contributed by atoms with E-state index in [1.807, 2.05) is 12.1 Å². The molecule has 0 fully saturated rings. The summed E-state index contributed by atoms with van der Waals surface area (Å²) in [5, 5.41) is 3.48. The van der Waals surface area contributed by atoms with Gasteiger partial charge in [-0.25, -0.2) is 0 Å². The molecule has 1 aromatic carbocycles. The van der Waals surface area contributed by atoms with Crippen molar-refractivity contribution in [2.24, 2.45) is 5.92 Å². The lowest BCUT2D eigenvalue weighted by Gasteiger charge is -2.09. The fourth-order valence-electron chi connectivity index (χ4n) is 2.12. The second kappa shape index (κ2) is 7.15. The van der Waals surface area contributed by atoms with Gasteiger partial charge < -0.3 is 14.8 Å². The molecule has 0 bridgehead atoms. The average molecular weight is 328 g/mol. The minimum atomic E-state index is 0.327. The van der Waals surface area contributed by atoms with Gasteiger partial charge in [0.2, 0.25) is 6.79 Å². The summed E-state index contributed by atoms with van der Waals surface area (Å²) in [4.78, 5) is 0. The second-order valence-corrected chi connectivity index (χ2v) is 6.22. The molecule has 0 saturated heterocycles. The first-order valence-corrected chi connectivity index (χ1v) is 7.75. The van der Waals surface area contributed by atoms with Crippen LogP contribution in [-0.2, 0) is 6.54 Å². The van der Waals surface area contributed by atoms with Crippen LogP contribution in [0.25, 0.3) is 0 Å². The van der Waals surface area contributed by atoms with Gasteiger partial charge in [-0.05, 0) is 36.6 Å². The van der Waals surface area contributed by atoms with Crippen LogP contribution in [0.2, 0.25) is 0 Å². The standard InChI is InChI=1S/C15H22BrNO2/c1-11(2)5-3-4-6-17-9-12-7-14-15(8-13(12)16)19-10-18-14/h7-8,11,17H,3-6,9-10H2,1-2H3. The van der Waals surface area contributed by atoms with Crippen LogP contribution in [-0.4, -0.2) is 13.3 Å². The number of hydrogen-bond acceptors (Lipinski definition) is 3. The third-order valence-electron chi connectivity index (χ3n) is 3.24. The molecule has 106 valence electrons. The van der Waals surface area contributed by atoms with Crippen LogP contribution < -0.4 is 14.8 Å². The molecule has 1 aliphatic heterocycles. The SMILES string of the molecule is CC(C)CCCCNCc1cc2c(cc1Br)OCO2. The minimum Gasteiger partial charge on any atom is -0.454 e. The molecule has 1 N–H and O–H groups in total. The Kier molecular flexibility index (Phi) is 5.52. The molecule has 0 unspecified atom stereocenters. The molecule has 1 aromatic rings. The van der Waals surface area contributed by atoms with Gasteiger partial charge in [0, 0.05) is 11.0 Å². The van der Waals surface area contributed by atoms with Crippen molar-refractivity contribution in [3.05, 3.63) is 22.2 Å². The van der Waals surface area contributed by atoms with Gasteiger partial charge in [-0.2, -0.15) is 0 Å². The van der Waals surface area contributed by atoms with Crippen molar-refractivity contribution in [1.29, 1.82) is 0 Å². The van der Waals surface area contributed by atoms with Gasteiger partial charge in [0.25, 0.3) is 0 Å². The maximum atomic E-state index is 5.39. The molecule has 1 heterocycles. The quantitative estimate of drug-likeness (QED) is 0.765. The average Bonchev–Trinajstić information content (AvgIpc) is 2.80. The van der Waals surface area contributed by atoms with E-state index in [0.29, 0.717) is 6.79 Å². The molecular formula is C15H22BrNO2. The highest BCUT2D eigenvalue weighted by Crippen LogP contribution is 2.36. The number of unbranched alkanes of at least 4 members (excludes halogenated alkanes) is 1. The molecule has 0 spiro atoms. The molecule has 0 radical (unpaired) electrons. The summed E-state index contributed by atoms with van der Waals surface area (Å²) in [5.41, 5.74) is 1.22. The number of ether oxygens (including phenoxy) is 2. The number of nitrogens with one attached hydrogen (secondary N) is 1. The van der Waals surface area contributed by atoms with E-state index in [1.54, 1.807) is 0 Å². The molecule has 1 aliphatic rings. The minimum absolute atomic E-state index is 0.327. The number of halogens is 1. The van der Waals surface area contributed by atoms with E-state index in [1.165, 1.54) is 24.8 Å². The summed E-state index contributed by atoms with van der Waals surface area (Å²) < 4.78 is 11.8. The predicted octanol–water partition coefficient (Wildman–Crippen LogP) is 4.09. The summed E-state index contributed by atoms with van der Waals surface area (Å²) in [6.07, 6.45) is 3.85. The zero-order chi connectivity index (χ0) is 13.7. The Hall–Kier alpha value is -0.740. The summed E-state index contributed by atoms with van der Waals surface area (Å²) in [5.74, 6) is 2.48. The molecule has 0 amide bonds. The summed E-state index contributed by atoms with van der Waals surface area (Å²) in [6.45, 7) is 6.80. The number of rotatable bonds is 7. The Balaban J connectivity index is 1.74.